The first-order valence-corrected chi connectivity index (χ1v) is 10.1. The zero-order valence-electron chi connectivity index (χ0n) is 16.0. The van der Waals surface area contributed by atoms with E-state index < -0.39 is 34.6 Å². The van der Waals surface area contributed by atoms with Crippen LogP contribution >= 0.6 is 0 Å². The van der Waals surface area contributed by atoms with E-state index in [1.54, 1.807) is 6.92 Å². The predicted molar refractivity (Wildman–Crippen MR) is 99.7 cm³/mol. The van der Waals surface area contributed by atoms with Crippen molar-refractivity contribution in [3.8, 4) is 0 Å². The number of nitrogens with one attached hydrogen (secondary N) is 1. The monoisotopic (exact) mass is 432 g/mol. The Labute approximate surface area is 166 Å². The summed E-state index contributed by atoms with van der Waals surface area (Å²) >= 11 is 0. The van der Waals surface area contributed by atoms with E-state index in [1.807, 2.05) is 6.92 Å². The molecule has 12 heteroatoms. The zero-order valence-corrected chi connectivity index (χ0v) is 16.8. The SMILES string of the molecule is CCn1cc(F)c(/S(N)=N\C(=O)Nc2c(C)c(C(F)(F)F)nc3c2CC(C)C3)n1. The van der Waals surface area contributed by atoms with E-state index in [0.717, 1.165) is 6.20 Å². The fourth-order valence-electron chi connectivity index (χ4n) is 3.31. The van der Waals surface area contributed by atoms with Crippen LogP contribution in [-0.4, -0.2) is 20.8 Å². The maximum atomic E-state index is 13.9. The third-order valence-corrected chi connectivity index (χ3v) is 5.65. The third-order valence-electron chi connectivity index (χ3n) is 4.61. The van der Waals surface area contributed by atoms with Gasteiger partial charge in [-0.05, 0) is 38.2 Å². The summed E-state index contributed by atoms with van der Waals surface area (Å²) in [6.07, 6.45) is -2.65. The molecule has 2 unspecified atom stereocenters. The minimum Gasteiger partial charge on any atom is -0.305 e. The highest BCUT2D eigenvalue weighted by atomic mass is 32.2. The van der Waals surface area contributed by atoms with Gasteiger partial charge in [0.1, 0.15) is 5.69 Å². The Morgan fingerprint density at radius 3 is 2.72 bits per heavy atom. The molecule has 2 aromatic heterocycles. The number of fused-ring (bicyclic) bond motifs is 1. The van der Waals surface area contributed by atoms with Crippen molar-refractivity contribution in [2.24, 2.45) is 15.4 Å². The molecule has 2 amide bonds. The number of hydrogen-bond acceptors (Lipinski definition) is 3. The average Bonchev–Trinajstić information content (AvgIpc) is 3.18. The Bertz CT molecular complexity index is 1000. The fourth-order valence-corrected chi connectivity index (χ4v) is 4.06. The van der Waals surface area contributed by atoms with Gasteiger partial charge in [-0.3, -0.25) is 9.82 Å². The normalized spacial score (nSPS) is 17.4. The van der Waals surface area contributed by atoms with Crippen LogP contribution in [-0.2, 0) is 36.4 Å². The summed E-state index contributed by atoms with van der Waals surface area (Å²) in [5, 5.41) is 11.9. The number of carbonyl (C=O) groups is 1. The van der Waals surface area contributed by atoms with Gasteiger partial charge in [0.15, 0.2) is 10.8 Å². The van der Waals surface area contributed by atoms with Crippen LogP contribution in [0.25, 0.3) is 0 Å². The summed E-state index contributed by atoms with van der Waals surface area (Å²) in [6.45, 7) is 5.30. The third kappa shape index (κ3) is 4.32. The van der Waals surface area contributed by atoms with Crippen molar-refractivity contribution in [2.45, 2.75) is 51.4 Å². The lowest BCUT2D eigenvalue weighted by Gasteiger charge is -2.17. The van der Waals surface area contributed by atoms with Gasteiger partial charge in [0, 0.05) is 28.7 Å². The van der Waals surface area contributed by atoms with E-state index in [-0.39, 0.29) is 22.2 Å². The maximum Gasteiger partial charge on any atom is 0.433 e. The Morgan fingerprint density at radius 1 is 1.45 bits per heavy atom. The van der Waals surface area contributed by atoms with Gasteiger partial charge in [0.25, 0.3) is 0 Å². The predicted octanol–water partition coefficient (Wildman–Crippen LogP) is 3.77. The minimum atomic E-state index is -4.66. The molecular weight excluding hydrogens is 412 g/mol. The molecule has 0 saturated heterocycles. The molecule has 3 N–H and O–H groups in total. The summed E-state index contributed by atoms with van der Waals surface area (Å²) in [5.74, 6) is -0.604. The van der Waals surface area contributed by atoms with E-state index in [0.29, 0.717) is 30.6 Å². The van der Waals surface area contributed by atoms with Gasteiger partial charge in [-0.2, -0.15) is 18.3 Å². The molecule has 1 aliphatic rings. The second-order valence-corrected chi connectivity index (χ2v) is 8.07. The highest BCUT2D eigenvalue weighted by molar-refractivity contribution is 7.85. The number of nitrogens with zero attached hydrogens (tertiary/aromatic N) is 4. The van der Waals surface area contributed by atoms with E-state index in [9.17, 15) is 22.4 Å². The van der Waals surface area contributed by atoms with Gasteiger partial charge in [0.05, 0.1) is 11.9 Å². The van der Waals surface area contributed by atoms with Crippen molar-refractivity contribution < 1.29 is 22.4 Å². The van der Waals surface area contributed by atoms with Crippen molar-refractivity contribution in [1.82, 2.24) is 14.8 Å². The topological polar surface area (TPSA) is 98.2 Å². The Hall–Kier alpha value is -2.34. The van der Waals surface area contributed by atoms with Crippen LogP contribution in [0.5, 0.6) is 0 Å². The largest absolute Gasteiger partial charge is 0.433 e. The first-order chi connectivity index (χ1) is 13.5. The van der Waals surface area contributed by atoms with E-state index >= 15 is 0 Å². The first-order valence-electron chi connectivity index (χ1n) is 8.85. The molecule has 0 spiro atoms. The van der Waals surface area contributed by atoms with Crippen LogP contribution in [0.3, 0.4) is 0 Å². The lowest BCUT2D eigenvalue weighted by molar-refractivity contribution is -0.141. The summed E-state index contributed by atoms with van der Waals surface area (Å²) in [7, 11) is -1.70. The van der Waals surface area contributed by atoms with Gasteiger partial charge in [-0.15, -0.1) is 4.36 Å². The van der Waals surface area contributed by atoms with E-state index in [2.05, 4.69) is 19.8 Å². The summed E-state index contributed by atoms with van der Waals surface area (Å²) in [4.78, 5) is 16.2. The molecule has 0 aliphatic heterocycles. The molecule has 0 fully saturated rings. The lowest BCUT2D eigenvalue weighted by atomic mass is 10.0. The van der Waals surface area contributed by atoms with Crippen LogP contribution in [0.2, 0.25) is 0 Å². The van der Waals surface area contributed by atoms with Gasteiger partial charge in [-0.25, -0.2) is 14.2 Å². The molecule has 158 valence electrons. The second-order valence-electron chi connectivity index (χ2n) is 6.87. The molecule has 2 atom stereocenters. The number of anilines is 1. The minimum absolute atomic E-state index is 0.0389. The van der Waals surface area contributed by atoms with Crippen LogP contribution in [0.15, 0.2) is 15.6 Å². The first kappa shape index (κ1) is 21.4. The quantitative estimate of drug-likeness (QED) is 0.722. The highest BCUT2D eigenvalue weighted by Crippen LogP contribution is 2.40. The number of halogens is 4. The number of hydrogen-bond donors (Lipinski definition) is 2. The second kappa shape index (κ2) is 7.82. The Balaban J connectivity index is 1.96. The van der Waals surface area contributed by atoms with Crippen molar-refractivity contribution in [3.63, 3.8) is 0 Å². The van der Waals surface area contributed by atoms with Crippen LogP contribution < -0.4 is 10.5 Å². The maximum absolute atomic E-state index is 13.9. The molecule has 2 heterocycles. The number of carbonyl (C=O) groups excluding carboxylic acids is 1. The molecule has 2 aromatic rings. The van der Waals surface area contributed by atoms with Gasteiger partial charge in [-0.1, -0.05) is 6.92 Å². The molecule has 0 bridgehead atoms. The van der Waals surface area contributed by atoms with Crippen LogP contribution in [0, 0.1) is 18.7 Å². The summed E-state index contributed by atoms with van der Waals surface area (Å²) < 4.78 is 59.0. The summed E-state index contributed by atoms with van der Waals surface area (Å²) in [5.41, 5.74) is -0.320. The molecule has 29 heavy (non-hydrogen) atoms. The number of pyridine rings is 1. The number of alkyl halides is 3. The molecule has 1 aliphatic carbocycles. The number of rotatable bonds is 3. The lowest BCUT2D eigenvalue weighted by Crippen LogP contribution is -2.19. The number of amides is 2. The van der Waals surface area contributed by atoms with Crippen LogP contribution in [0.1, 0.15) is 36.4 Å². The van der Waals surface area contributed by atoms with Crippen molar-refractivity contribution in [1.29, 1.82) is 0 Å². The van der Waals surface area contributed by atoms with Gasteiger partial charge < -0.3 is 5.32 Å². The molecule has 0 saturated carbocycles. The number of urea groups is 1. The fraction of sp³-hybridized carbons (Fsp3) is 0.471. The van der Waals surface area contributed by atoms with Crippen LogP contribution in [0.4, 0.5) is 28.0 Å². The average molecular weight is 432 g/mol. The van der Waals surface area contributed by atoms with E-state index in [1.165, 1.54) is 11.6 Å². The van der Waals surface area contributed by atoms with E-state index in [4.69, 9.17) is 5.14 Å². The number of aryl methyl sites for hydroxylation is 1. The zero-order chi connectivity index (χ0) is 21.5. The molecule has 0 radical (unpaired) electrons. The smallest absolute Gasteiger partial charge is 0.305 e. The number of nitrogens with two attached hydrogens (primary N) is 1. The molecule has 0 aromatic carbocycles. The van der Waals surface area contributed by atoms with Crippen molar-refractivity contribution in [2.75, 3.05) is 5.32 Å². The highest BCUT2D eigenvalue weighted by Gasteiger charge is 2.38. The molecular formula is C17H20F4N6OS. The van der Waals surface area contributed by atoms with Gasteiger partial charge >= 0.3 is 12.2 Å². The Kier molecular flexibility index (Phi) is 5.77. The summed E-state index contributed by atoms with van der Waals surface area (Å²) in [6, 6.07) is -0.967. The van der Waals surface area contributed by atoms with Crippen molar-refractivity contribution in [3.05, 3.63) is 34.5 Å². The molecule has 7 nitrogen and oxygen atoms in total. The Morgan fingerprint density at radius 2 is 2.14 bits per heavy atom. The van der Waals surface area contributed by atoms with Gasteiger partial charge in [0.2, 0.25) is 0 Å². The molecule has 3 rings (SSSR count). The van der Waals surface area contributed by atoms with Crippen molar-refractivity contribution >= 4 is 22.6 Å². The number of aromatic nitrogens is 3. The standard InChI is InChI=1S/C17H20F4N6OS/c1-4-27-7-11(18)15(25-27)29(22)26-16(28)24-13-9(3)14(17(19,20)21)23-12-6-8(2)5-10(12)13/h7-8H,4-6H2,1-3H3,(H3,22,23,24,26,28).